The summed E-state index contributed by atoms with van der Waals surface area (Å²) in [5, 5.41) is 18.5. The molecule has 44 heavy (non-hydrogen) atoms. The molecule has 3 rings (SSSR count). The number of carbonyl (C=O) groups excluding carboxylic acids is 1. The Morgan fingerprint density at radius 2 is 1.59 bits per heavy atom. The lowest BCUT2D eigenvalue weighted by Gasteiger charge is -2.24. The highest BCUT2D eigenvalue weighted by molar-refractivity contribution is 7.98. The molecule has 0 aliphatic heterocycles. The van der Waals surface area contributed by atoms with Crippen molar-refractivity contribution in [1.29, 1.82) is 0 Å². The van der Waals surface area contributed by atoms with Gasteiger partial charge in [-0.3, -0.25) is 9.59 Å². The van der Waals surface area contributed by atoms with Crippen molar-refractivity contribution in [2.24, 2.45) is 0 Å². The average Bonchev–Trinajstić information content (AvgIpc) is 3.46. The van der Waals surface area contributed by atoms with Crippen molar-refractivity contribution in [3.05, 3.63) is 64.1 Å². The van der Waals surface area contributed by atoms with E-state index in [2.05, 4.69) is 9.88 Å². The van der Waals surface area contributed by atoms with Crippen LogP contribution in [0.25, 0.3) is 11.1 Å². The molecular formula is C28H30F5N3O6S2. The molecule has 2 aromatic carbocycles. The van der Waals surface area contributed by atoms with Gasteiger partial charge in [0, 0.05) is 23.4 Å². The quantitative estimate of drug-likeness (QED) is 0.170. The molecule has 0 saturated heterocycles. The van der Waals surface area contributed by atoms with Gasteiger partial charge in [0.25, 0.3) is 5.91 Å². The first kappa shape index (κ1) is 36.4. The van der Waals surface area contributed by atoms with Crippen molar-refractivity contribution in [3.63, 3.8) is 0 Å². The molecule has 0 aliphatic carbocycles. The van der Waals surface area contributed by atoms with E-state index in [0.717, 1.165) is 18.7 Å². The maximum Gasteiger partial charge on any atom is 0.490 e. The van der Waals surface area contributed by atoms with Gasteiger partial charge in [-0.1, -0.05) is 26.0 Å². The number of halogens is 5. The van der Waals surface area contributed by atoms with E-state index in [4.69, 9.17) is 14.6 Å². The standard InChI is InChI=1S/C26H29F2N3O4S2.C2HF3O2/c1-4-30(5-2)10-11-31(14-25(32)33)26(34)22-16-37-24(29-22)15-35-18-8-6-17(7-9-18)19-12-20(27)21(28)13-23(19)36-3;3-2(4,5)1(6)7/h6-9,12-13,16H,4-5,10-11,14-15H2,1-3H3,(H,32,33);(H,6,7). The minimum Gasteiger partial charge on any atom is -0.486 e. The number of amides is 1. The number of aliphatic carboxylic acids is 2. The van der Waals surface area contributed by atoms with Crippen LogP contribution in [0.1, 0.15) is 29.3 Å². The predicted octanol–water partition coefficient (Wildman–Crippen LogP) is 5.89. The Hall–Kier alpha value is -3.76. The number of aromatic nitrogens is 1. The molecular weight excluding hydrogens is 633 g/mol. The Morgan fingerprint density at radius 1 is 1.00 bits per heavy atom. The number of hydrogen-bond donors (Lipinski definition) is 2. The molecule has 2 N–H and O–H groups in total. The Bertz CT molecular complexity index is 1420. The first-order valence-corrected chi connectivity index (χ1v) is 15.0. The van der Waals surface area contributed by atoms with Crippen molar-refractivity contribution in [1.82, 2.24) is 14.8 Å². The maximum atomic E-state index is 13.8. The average molecular weight is 664 g/mol. The molecule has 0 fully saturated rings. The fourth-order valence-corrected chi connectivity index (χ4v) is 4.95. The van der Waals surface area contributed by atoms with Crippen LogP contribution in [0.15, 0.2) is 46.7 Å². The van der Waals surface area contributed by atoms with Crippen LogP contribution in [0.4, 0.5) is 22.0 Å². The molecule has 16 heteroatoms. The van der Waals surface area contributed by atoms with Crippen molar-refractivity contribution in [2.75, 3.05) is 39.0 Å². The number of hydrogen-bond acceptors (Lipinski definition) is 8. The second-order valence-electron chi connectivity index (χ2n) is 8.86. The SMILES string of the molecule is CCN(CC)CCN(CC(=O)O)C(=O)c1csc(COc2ccc(-c3cc(F)c(F)cc3SC)cc2)n1.O=C(O)C(F)(F)F. The van der Waals surface area contributed by atoms with Crippen LogP contribution >= 0.6 is 23.1 Å². The van der Waals surface area contributed by atoms with Crippen LogP contribution in [-0.4, -0.2) is 88.0 Å². The van der Waals surface area contributed by atoms with Gasteiger partial charge in [-0.2, -0.15) is 13.2 Å². The monoisotopic (exact) mass is 663 g/mol. The van der Waals surface area contributed by atoms with E-state index < -0.39 is 42.2 Å². The van der Waals surface area contributed by atoms with Crippen LogP contribution in [0.5, 0.6) is 5.75 Å². The summed E-state index contributed by atoms with van der Waals surface area (Å²) in [6.07, 6.45) is -3.29. The highest BCUT2D eigenvalue weighted by Crippen LogP contribution is 2.33. The zero-order valence-electron chi connectivity index (χ0n) is 23.9. The zero-order valence-corrected chi connectivity index (χ0v) is 25.5. The highest BCUT2D eigenvalue weighted by atomic mass is 32.2. The molecule has 1 aromatic heterocycles. The molecule has 0 unspecified atom stereocenters. The van der Waals surface area contributed by atoms with E-state index in [1.165, 1.54) is 40.1 Å². The molecule has 0 atom stereocenters. The summed E-state index contributed by atoms with van der Waals surface area (Å²) >= 11 is 2.58. The molecule has 3 aromatic rings. The van der Waals surface area contributed by atoms with Gasteiger partial charge < -0.3 is 24.7 Å². The Labute approximate surface area is 258 Å². The van der Waals surface area contributed by atoms with Crippen molar-refractivity contribution in [2.45, 2.75) is 31.5 Å². The summed E-state index contributed by atoms with van der Waals surface area (Å²) in [5.41, 5.74) is 1.50. The zero-order chi connectivity index (χ0) is 33.0. The fourth-order valence-electron chi connectivity index (χ4n) is 3.65. The molecule has 0 radical (unpaired) electrons. The van der Waals surface area contributed by atoms with E-state index in [9.17, 15) is 36.6 Å². The summed E-state index contributed by atoms with van der Waals surface area (Å²) in [6.45, 7) is 6.23. The lowest BCUT2D eigenvalue weighted by molar-refractivity contribution is -0.192. The van der Waals surface area contributed by atoms with Crippen molar-refractivity contribution in [3.8, 4) is 16.9 Å². The number of carboxylic acid groups (broad SMARTS) is 2. The summed E-state index contributed by atoms with van der Waals surface area (Å²) < 4.78 is 64.9. The number of carboxylic acids is 2. The van der Waals surface area contributed by atoms with E-state index in [-0.39, 0.29) is 12.3 Å². The summed E-state index contributed by atoms with van der Waals surface area (Å²) in [7, 11) is 0. The Kier molecular flexibility index (Phi) is 14.0. The largest absolute Gasteiger partial charge is 0.490 e. The molecule has 240 valence electrons. The minimum atomic E-state index is -5.08. The van der Waals surface area contributed by atoms with Crippen LogP contribution in [0.2, 0.25) is 0 Å². The number of ether oxygens (including phenoxy) is 1. The minimum absolute atomic E-state index is 0.122. The molecule has 0 bridgehead atoms. The van der Waals surface area contributed by atoms with Crippen molar-refractivity contribution >= 4 is 40.9 Å². The van der Waals surface area contributed by atoms with Gasteiger partial charge in [0.15, 0.2) is 11.6 Å². The second-order valence-corrected chi connectivity index (χ2v) is 10.6. The number of alkyl halides is 3. The second kappa shape index (κ2) is 16.9. The van der Waals surface area contributed by atoms with Crippen LogP contribution in [0, 0.1) is 11.6 Å². The summed E-state index contributed by atoms with van der Waals surface area (Å²) in [4.78, 5) is 41.5. The van der Waals surface area contributed by atoms with Crippen molar-refractivity contribution < 1.29 is 51.3 Å². The normalized spacial score (nSPS) is 11.1. The van der Waals surface area contributed by atoms with Gasteiger partial charge in [0.1, 0.15) is 29.6 Å². The number of benzene rings is 2. The van der Waals surface area contributed by atoms with Gasteiger partial charge >= 0.3 is 18.1 Å². The fraction of sp³-hybridized carbons (Fsp3) is 0.357. The number of thioether (sulfide) groups is 1. The summed E-state index contributed by atoms with van der Waals surface area (Å²) in [6, 6.07) is 9.34. The van der Waals surface area contributed by atoms with E-state index in [1.807, 2.05) is 13.8 Å². The Balaban J connectivity index is 0.000000860. The number of thiazole rings is 1. The first-order chi connectivity index (χ1) is 20.7. The van der Waals surface area contributed by atoms with Gasteiger partial charge in [-0.05, 0) is 54.7 Å². The molecule has 1 amide bonds. The van der Waals surface area contributed by atoms with Gasteiger partial charge in [-0.25, -0.2) is 18.6 Å². The number of likely N-dealkylation sites (N-methyl/N-ethyl adjacent to an activating group) is 1. The molecule has 0 aliphatic rings. The lowest BCUT2D eigenvalue weighted by Crippen LogP contribution is -2.41. The van der Waals surface area contributed by atoms with E-state index in [1.54, 1.807) is 35.9 Å². The first-order valence-electron chi connectivity index (χ1n) is 12.9. The third-order valence-corrected chi connectivity index (χ3v) is 7.58. The molecule has 9 nitrogen and oxygen atoms in total. The topological polar surface area (TPSA) is 120 Å². The maximum absolute atomic E-state index is 13.8. The number of nitrogens with zero attached hydrogens (tertiary/aromatic N) is 3. The molecule has 0 spiro atoms. The van der Waals surface area contributed by atoms with Gasteiger partial charge in [0.05, 0.1) is 0 Å². The Morgan fingerprint density at radius 3 is 2.11 bits per heavy atom. The summed E-state index contributed by atoms with van der Waals surface area (Å²) in [5.74, 6) is -5.51. The van der Waals surface area contributed by atoms with E-state index in [0.29, 0.717) is 34.3 Å². The number of carbonyl (C=O) groups is 3. The van der Waals surface area contributed by atoms with Gasteiger partial charge in [-0.15, -0.1) is 23.1 Å². The smallest absolute Gasteiger partial charge is 0.486 e. The number of rotatable bonds is 13. The van der Waals surface area contributed by atoms with E-state index >= 15 is 0 Å². The van der Waals surface area contributed by atoms with Crippen LogP contribution in [0.3, 0.4) is 0 Å². The van der Waals surface area contributed by atoms with Crippen LogP contribution < -0.4 is 4.74 Å². The highest BCUT2D eigenvalue weighted by Gasteiger charge is 2.38. The molecule has 1 heterocycles. The lowest BCUT2D eigenvalue weighted by atomic mass is 10.1. The predicted molar refractivity (Wildman–Crippen MR) is 155 cm³/mol. The van der Waals surface area contributed by atoms with Crippen LogP contribution in [-0.2, 0) is 16.2 Å². The van der Waals surface area contributed by atoms with Gasteiger partial charge in [0.2, 0.25) is 0 Å². The third-order valence-electron chi connectivity index (χ3n) is 5.98. The molecule has 0 saturated carbocycles. The third kappa shape index (κ3) is 11.1.